The van der Waals surface area contributed by atoms with E-state index in [1.165, 1.54) is 110 Å². The first-order valence-electron chi connectivity index (χ1n) is 45.4. The number of furan rings is 3. The highest BCUT2D eigenvalue weighted by atomic mass is 32.2. The summed E-state index contributed by atoms with van der Waals surface area (Å²) >= 11 is 0. The second-order valence-corrected chi connectivity index (χ2v) is 44.7. The molecule has 5 amide bonds. The molecule has 4 aromatic carbocycles. The van der Waals surface area contributed by atoms with Gasteiger partial charge in [0, 0.05) is 63.6 Å². The molecular formula is C100H94F6N12O26S3. The Bertz CT molecular complexity index is 8500. The van der Waals surface area contributed by atoms with Gasteiger partial charge in [-0.15, -0.1) is 0 Å². The van der Waals surface area contributed by atoms with Gasteiger partial charge in [0.1, 0.15) is 85.8 Å². The number of rotatable bonds is 25. The molecule has 15 aromatic rings. The highest BCUT2D eigenvalue weighted by molar-refractivity contribution is 7.91. The molecule has 18 rings (SSSR count). The second-order valence-electron chi connectivity index (χ2n) is 38.8. The van der Waals surface area contributed by atoms with E-state index in [9.17, 15) is 78.0 Å². The van der Waals surface area contributed by atoms with E-state index >= 15 is 26.3 Å². The summed E-state index contributed by atoms with van der Waals surface area (Å²) in [7, 11) is -10.9. The van der Waals surface area contributed by atoms with E-state index in [0.29, 0.717) is 43.4 Å². The van der Waals surface area contributed by atoms with Crippen LogP contribution in [0, 0.1) is 45.7 Å². The summed E-state index contributed by atoms with van der Waals surface area (Å²) in [5, 5.41) is -1.96. The number of carbonyl (C=O) groups excluding carboxylic acids is 8. The fourth-order valence-electron chi connectivity index (χ4n) is 16.1. The minimum absolute atomic E-state index is 0.00120. The number of halogens is 6. The summed E-state index contributed by atoms with van der Waals surface area (Å²) in [5.41, 5.74) is -8.44. The standard InChI is InChI=1S/C35H35F2N5O9S.C35H35F2N3O9.C30H24F2N4O8S2/c1-34(2,3)50-32(45)42(33(46)51-35(4,5)6)25-14-18(23(37)16-39-25)17-41-24-15-22(36)20-11-13-49-29(20)27(24)26(21-8-7-12-38-30(21)43)28(41)31(44)40-52(47,48)19-9-10-19;1-34(2,3)32(43)47-17-39-11-8-9-21(30(39)41)26-27-24(14-22(36)20-10-12-46-29(20)27)40(16-19-13-25(45-7)38-15-23(19)37)28(26)31(42)48-18-49-33(44)35(4,5)6;31-21-8-3-15(28(37)34-45(40,41)17-4-5-17)12-16(21)14-36-23-13-22(32)19-9-11-44-27(19)25(23)24(20-2-1-10-33-29(20)38)26(36)30(39)35-46(42,43)18-6-7-18/h7-8,11-16,19H,9-10,17H2,1-6H3,(H,38,43)(H,40,44);8-15H,16-18H2,1-7H3;1-3,8-13,17-18H,4-7,14H2,(H,33,38)(H,34,37)(H,35,39). The predicted octanol–water partition coefficient (Wildman–Crippen LogP) is 16.1. The molecule has 770 valence electrons. The van der Waals surface area contributed by atoms with Crippen LogP contribution in [0.4, 0.5) is 41.7 Å². The number of pyridine rings is 5. The van der Waals surface area contributed by atoms with Crippen LogP contribution in [0.1, 0.15) is 180 Å². The fraction of sp³-hybridized carbons (Fsp3) is 0.310. The SMILES string of the molecule is CC(C)(C)OC(=O)N(C(=O)OC(C)(C)C)c1cc(Cn2c(C(=O)NS(=O)(=O)C3CC3)c(-c3ccc[nH]c3=O)c3c4occc4c(F)cc32)c(F)cn1.COc1cc(Cn2c(C(=O)OCOC(=O)C(C)(C)C)c(-c3cccn(COC(=O)C(C)(C)C)c3=O)c3c4occc4c(F)cc32)c(F)cn1.O=C(NS(=O)(=O)C1CC1)c1ccc(F)c(Cn2c(C(=O)NS(=O)(=O)C3CC3)c(-c3ccc[nH]c3=O)c3c4occc4c(F)cc32)c1. The lowest BCUT2D eigenvalue weighted by Crippen LogP contribution is -2.44. The molecule has 47 heteroatoms. The van der Waals surface area contributed by atoms with Gasteiger partial charge >= 0.3 is 30.1 Å². The van der Waals surface area contributed by atoms with Crippen LogP contribution in [0.25, 0.3) is 99.0 Å². The molecular weight excluding hydrogens is 2000 g/mol. The maximum absolute atomic E-state index is 15.8. The van der Waals surface area contributed by atoms with Gasteiger partial charge in [-0.25, -0.2) is 90.1 Å². The summed E-state index contributed by atoms with van der Waals surface area (Å²) in [6.07, 6.45) is 9.19. The Morgan fingerprint density at radius 1 is 0.456 bits per heavy atom. The topological polar surface area (TPSA) is 501 Å². The monoisotopic (exact) mass is 2090 g/mol. The Balaban J connectivity index is 0.000000158. The van der Waals surface area contributed by atoms with Crippen molar-refractivity contribution >= 4 is 149 Å². The minimum Gasteiger partial charge on any atom is -0.481 e. The Hall–Kier alpha value is -15.9. The van der Waals surface area contributed by atoms with Crippen LogP contribution in [0.15, 0.2) is 181 Å². The van der Waals surface area contributed by atoms with E-state index in [1.54, 1.807) is 83.1 Å². The van der Waals surface area contributed by atoms with Crippen LogP contribution < -0.4 is 40.5 Å². The number of ether oxygens (including phenoxy) is 6. The quantitative estimate of drug-likeness (QED) is 0.0153. The van der Waals surface area contributed by atoms with E-state index in [0.717, 1.165) is 68.6 Å². The number of H-pyrrole nitrogens is 2. The van der Waals surface area contributed by atoms with Gasteiger partial charge in [-0.2, -0.15) is 4.90 Å². The van der Waals surface area contributed by atoms with Crippen LogP contribution in [0.2, 0.25) is 0 Å². The average Bonchev–Trinajstić information content (AvgIpc) is 1.57. The Labute approximate surface area is 830 Å². The van der Waals surface area contributed by atoms with Crippen molar-refractivity contribution in [1.82, 2.24) is 52.4 Å². The number of aromatic amines is 2. The van der Waals surface area contributed by atoms with Crippen molar-refractivity contribution in [2.75, 3.05) is 18.8 Å². The van der Waals surface area contributed by atoms with Crippen molar-refractivity contribution in [3.8, 4) is 39.3 Å². The Kier molecular flexibility index (Phi) is 28.0. The van der Waals surface area contributed by atoms with Crippen LogP contribution in [0.5, 0.6) is 5.88 Å². The number of imide groups is 1. The van der Waals surface area contributed by atoms with E-state index in [-0.39, 0.29) is 139 Å². The number of methoxy groups -OCH3 is 1. The van der Waals surface area contributed by atoms with Crippen molar-refractivity contribution in [2.45, 2.75) is 175 Å². The van der Waals surface area contributed by atoms with Gasteiger partial charge in [-0.3, -0.25) is 42.9 Å². The van der Waals surface area contributed by atoms with Crippen LogP contribution >= 0.6 is 0 Å². The van der Waals surface area contributed by atoms with E-state index < -0.39 is 211 Å². The number of hydrogen-bond acceptors (Lipinski definition) is 28. The largest absolute Gasteiger partial charge is 0.481 e. The van der Waals surface area contributed by atoms with Crippen molar-refractivity contribution < 1.29 is 132 Å². The molecule has 11 aromatic heterocycles. The number of fused-ring (bicyclic) bond motifs is 9. The molecule has 0 unspecified atom stereocenters. The molecule has 0 atom stereocenters. The van der Waals surface area contributed by atoms with Crippen molar-refractivity contribution in [2.24, 2.45) is 10.8 Å². The number of hydrogen-bond donors (Lipinski definition) is 5. The molecule has 38 nitrogen and oxygen atoms in total. The fourth-order valence-corrected chi connectivity index (χ4v) is 19.9. The van der Waals surface area contributed by atoms with Gasteiger partial charge in [0.05, 0.1) is 150 Å². The number of nitrogens with one attached hydrogen (secondary N) is 5. The van der Waals surface area contributed by atoms with Gasteiger partial charge in [0.25, 0.3) is 34.4 Å². The van der Waals surface area contributed by atoms with E-state index in [2.05, 4.69) is 24.7 Å². The third-order valence-corrected chi connectivity index (χ3v) is 28.9. The molecule has 0 aliphatic heterocycles. The van der Waals surface area contributed by atoms with Gasteiger partial charge in [-0.05, 0) is 219 Å². The number of nitrogens with zero attached hydrogens (tertiary/aromatic N) is 7. The highest BCUT2D eigenvalue weighted by Gasteiger charge is 2.44. The summed E-state index contributed by atoms with van der Waals surface area (Å²) in [6, 6.07) is 21.4. The number of amides is 5. The number of sulfonamides is 3. The molecule has 3 saturated carbocycles. The lowest BCUT2D eigenvalue weighted by Gasteiger charge is -2.28. The second kappa shape index (κ2) is 39.5. The number of esters is 3. The van der Waals surface area contributed by atoms with Gasteiger partial charge in [0.2, 0.25) is 42.7 Å². The molecule has 5 N–H and O–H groups in total. The predicted molar refractivity (Wildman–Crippen MR) is 520 cm³/mol. The zero-order valence-electron chi connectivity index (χ0n) is 80.7. The molecule has 3 aliphatic carbocycles. The molecule has 0 radical (unpaired) electrons. The number of anilines is 1. The highest BCUT2D eigenvalue weighted by Crippen LogP contribution is 2.47. The average molecular weight is 2090 g/mol. The third-order valence-electron chi connectivity index (χ3n) is 23.5. The summed E-state index contributed by atoms with van der Waals surface area (Å²) in [4.78, 5) is 160. The maximum Gasteiger partial charge on any atom is 0.425 e. The number of carbonyl (C=O) groups is 8. The molecule has 0 spiro atoms. The zero-order valence-corrected chi connectivity index (χ0v) is 83.1. The molecule has 0 bridgehead atoms. The molecule has 11 heterocycles. The summed E-state index contributed by atoms with van der Waals surface area (Å²) < 4.78 is 229. The summed E-state index contributed by atoms with van der Waals surface area (Å²) in [6.45, 7) is 16.4. The van der Waals surface area contributed by atoms with Gasteiger partial charge in [-0.1, -0.05) is 0 Å². The van der Waals surface area contributed by atoms with Crippen LogP contribution in [-0.2, 0) is 89.7 Å². The lowest BCUT2D eigenvalue weighted by atomic mass is 9.97. The zero-order chi connectivity index (χ0) is 106. The van der Waals surface area contributed by atoms with Crippen LogP contribution in [0.3, 0.4) is 0 Å². The van der Waals surface area contributed by atoms with Gasteiger partial charge in [0.15, 0.2) is 6.73 Å². The molecule has 147 heavy (non-hydrogen) atoms. The first kappa shape index (κ1) is 104. The number of aromatic nitrogens is 8. The normalized spacial score (nSPS) is 13.6. The van der Waals surface area contributed by atoms with Crippen molar-refractivity contribution in [1.29, 1.82) is 0 Å². The summed E-state index contributed by atoms with van der Waals surface area (Å²) in [5.74, 6) is -10.9. The third kappa shape index (κ3) is 21.6. The van der Waals surface area contributed by atoms with E-state index in [1.807, 2.05) is 9.44 Å². The van der Waals surface area contributed by atoms with Gasteiger partial charge < -0.3 is 65.3 Å². The van der Waals surface area contributed by atoms with Crippen LogP contribution in [-0.4, -0.2) is 152 Å². The number of benzene rings is 4. The molecule has 3 aliphatic rings. The lowest BCUT2D eigenvalue weighted by molar-refractivity contribution is -0.161. The first-order chi connectivity index (χ1) is 69.1. The Morgan fingerprint density at radius 3 is 1.27 bits per heavy atom. The van der Waals surface area contributed by atoms with E-state index in [4.69, 9.17) is 41.7 Å². The van der Waals surface area contributed by atoms with Crippen molar-refractivity contribution in [3.63, 3.8) is 0 Å². The maximum atomic E-state index is 15.8. The smallest absolute Gasteiger partial charge is 0.425 e. The molecule has 3 fully saturated rings. The minimum atomic E-state index is -4.18. The Morgan fingerprint density at radius 2 is 0.850 bits per heavy atom. The molecule has 0 saturated heterocycles. The van der Waals surface area contributed by atoms with Crippen molar-refractivity contribution in [3.05, 3.63) is 258 Å². The first-order valence-corrected chi connectivity index (χ1v) is 50.1.